The molecule has 116 valence electrons. The van der Waals surface area contributed by atoms with Gasteiger partial charge >= 0.3 is 0 Å². The Morgan fingerprint density at radius 2 is 2.18 bits per heavy atom. The highest BCUT2D eigenvalue weighted by Gasteiger charge is 2.35. The Labute approximate surface area is 139 Å². The van der Waals surface area contributed by atoms with Gasteiger partial charge in [0.1, 0.15) is 5.82 Å². The number of carbonyl (C=O) groups excluding carboxylic acids is 1. The first-order chi connectivity index (χ1) is 10.6. The highest BCUT2D eigenvalue weighted by molar-refractivity contribution is 8.00. The van der Waals surface area contributed by atoms with Crippen LogP contribution in [0.1, 0.15) is 24.7 Å². The van der Waals surface area contributed by atoms with Crippen LogP contribution in [-0.4, -0.2) is 21.2 Å². The van der Waals surface area contributed by atoms with Crippen molar-refractivity contribution in [1.82, 2.24) is 14.9 Å². The lowest BCUT2D eigenvalue weighted by Gasteiger charge is -2.18. The number of thioether (sulfide) groups is 1. The number of aryl methyl sites for hydroxylation is 1. The summed E-state index contributed by atoms with van der Waals surface area (Å²) in [7, 11) is 1.96. The molecule has 1 N–H and O–H groups in total. The molecular formula is C16H18ClN3OS. The van der Waals surface area contributed by atoms with Gasteiger partial charge in [-0.25, -0.2) is 4.98 Å². The molecule has 0 saturated heterocycles. The van der Waals surface area contributed by atoms with Gasteiger partial charge in [-0.05, 0) is 43.0 Å². The van der Waals surface area contributed by atoms with Crippen molar-refractivity contribution in [3.8, 4) is 0 Å². The predicted molar refractivity (Wildman–Crippen MR) is 89.0 cm³/mol. The smallest absolute Gasteiger partial charge is 0.230 e. The van der Waals surface area contributed by atoms with E-state index < -0.39 is 0 Å². The summed E-state index contributed by atoms with van der Waals surface area (Å²) in [6.07, 6.45) is 6.00. The fraction of sp³-hybridized carbons (Fsp3) is 0.375. The maximum Gasteiger partial charge on any atom is 0.230 e. The van der Waals surface area contributed by atoms with Crippen molar-refractivity contribution in [1.29, 1.82) is 0 Å². The summed E-state index contributed by atoms with van der Waals surface area (Å²) in [4.78, 5) is 17.7. The molecule has 1 saturated carbocycles. The SMILES string of the molecule is Cn1ccnc1[C@H](NC(=O)CSc1ccc(Cl)cc1)C1CC1. The molecule has 1 atom stereocenters. The molecule has 0 radical (unpaired) electrons. The van der Waals surface area contributed by atoms with Crippen LogP contribution in [0.25, 0.3) is 0 Å². The van der Waals surface area contributed by atoms with E-state index in [1.54, 1.807) is 6.20 Å². The molecule has 0 spiro atoms. The highest BCUT2D eigenvalue weighted by Crippen LogP contribution is 2.40. The van der Waals surface area contributed by atoms with E-state index in [0.717, 1.165) is 23.6 Å². The number of aromatic nitrogens is 2. The van der Waals surface area contributed by atoms with Crippen molar-refractivity contribution in [3.05, 3.63) is 47.5 Å². The van der Waals surface area contributed by atoms with Crippen molar-refractivity contribution in [3.63, 3.8) is 0 Å². The molecule has 1 fully saturated rings. The number of hydrogen-bond donors (Lipinski definition) is 1. The molecule has 1 heterocycles. The number of halogens is 1. The van der Waals surface area contributed by atoms with Gasteiger partial charge in [-0.1, -0.05) is 11.6 Å². The van der Waals surface area contributed by atoms with Crippen molar-refractivity contribution in [2.75, 3.05) is 5.75 Å². The minimum atomic E-state index is 0.0262. The molecule has 1 aromatic heterocycles. The average molecular weight is 336 g/mol. The van der Waals surface area contributed by atoms with Gasteiger partial charge in [0, 0.05) is 29.4 Å². The highest BCUT2D eigenvalue weighted by atomic mass is 35.5. The van der Waals surface area contributed by atoms with Crippen molar-refractivity contribution in [2.45, 2.75) is 23.8 Å². The van der Waals surface area contributed by atoms with Crippen LogP contribution in [-0.2, 0) is 11.8 Å². The summed E-state index contributed by atoms with van der Waals surface area (Å²) in [6.45, 7) is 0. The molecule has 22 heavy (non-hydrogen) atoms. The third-order valence-corrected chi connectivity index (χ3v) is 4.99. The zero-order valence-electron chi connectivity index (χ0n) is 12.3. The second-order valence-corrected chi connectivity index (χ2v) is 7.01. The average Bonchev–Trinajstić information content (AvgIpc) is 3.26. The van der Waals surface area contributed by atoms with Gasteiger partial charge in [0.15, 0.2) is 0 Å². The molecule has 4 nitrogen and oxygen atoms in total. The Bertz CT molecular complexity index is 652. The minimum Gasteiger partial charge on any atom is -0.345 e. The second kappa shape index (κ2) is 6.75. The number of hydrogen-bond acceptors (Lipinski definition) is 3. The van der Waals surface area contributed by atoms with Gasteiger partial charge in [0.2, 0.25) is 5.91 Å². The summed E-state index contributed by atoms with van der Waals surface area (Å²) in [6, 6.07) is 7.55. The van der Waals surface area contributed by atoms with Crippen molar-refractivity contribution in [2.24, 2.45) is 13.0 Å². The maximum absolute atomic E-state index is 12.2. The minimum absolute atomic E-state index is 0.0262. The summed E-state index contributed by atoms with van der Waals surface area (Å²) >= 11 is 7.37. The van der Waals surface area contributed by atoms with E-state index in [2.05, 4.69) is 10.3 Å². The van der Waals surface area contributed by atoms with Crippen LogP contribution in [0.2, 0.25) is 5.02 Å². The number of amides is 1. The summed E-state index contributed by atoms with van der Waals surface area (Å²) < 4.78 is 1.98. The molecule has 6 heteroatoms. The number of nitrogens with zero attached hydrogens (tertiary/aromatic N) is 2. The van der Waals surface area contributed by atoms with Crippen LogP contribution in [0, 0.1) is 5.92 Å². The van der Waals surface area contributed by atoms with Gasteiger partial charge in [0.25, 0.3) is 0 Å². The van der Waals surface area contributed by atoms with E-state index >= 15 is 0 Å². The molecule has 1 aliphatic rings. The number of carbonyl (C=O) groups is 1. The predicted octanol–water partition coefficient (Wildman–Crippen LogP) is 3.43. The first kappa shape index (κ1) is 15.4. The molecule has 1 amide bonds. The van der Waals surface area contributed by atoms with E-state index in [0.29, 0.717) is 16.7 Å². The first-order valence-corrected chi connectivity index (χ1v) is 8.65. The van der Waals surface area contributed by atoms with Gasteiger partial charge in [-0.15, -0.1) is 11.8 Å². The van der Waals surface area contributed by atoms with Crippen LogP contribution in [0.4, 0.5) is 0 Å². The van der Waals surface area contributed by atoms with Crippen molar-refractivity contribution >= 4 is 29.3 Å². The molecule has 1 aromatic carbocycles. The Balaban J connectivity index is 1.58. The number of imidazole rings is 1. The Morgan fingerprint density at radius 1 is 1.45 bits per heavy atom. The first-order valence-electron chi connectivity index (χ1n) is 7.28. The summed E-state index contributed by atoms with van der Waals surface area (Å²) in [5, 5.41) is 3.84. The molecule has 3 rings (SSSR count). The number of nitrogens with one attached hydrogen (secondary N) is 1. The van der Waals surface area contributed by atoms with Gasteiger partial charge in [-0.2, -0.15) is 0 Å². The van der Waals surface area contributed by atoms with Crippen molar-refractivity contribution < 1.29 is 4.79 Å². The third kappa shape index (κ3) is 3.84. The van der Waals surface area contributed by atoms with Crippen LogP contribution < -0.4 is 5.32 Å². The fourth-order valence-electron chi connectivity index (χ4n) is 2.39. The molecular weight excluding hydrogens is 318 g/mol. The summed E-state index contributed by atoms with van der Waals surface area (Å²) in [5.41, 5.74) is 0. The number of benzene rings is 1. The molecule has 0 unspecified atom stereocenters. The normalized spacial score (nSPS) is 15.5. The Hall–Kier alpha value is -1.46. The lowest BCUT2D eigenvalue weighted by atomic mass is 10.1. The fourth-order valence-corrected chi connectivity index (χ4v) is 3.23. The maximum atomic E-state index is 12.2. The Morgan fingerprint density at radius 3 is 2.77 bits per heavy atom. The molecule has 0 aliphatic heterocycles. The zero-order valence-corrected chi connectivity index (χ0v) is 13.9. The molecule has 1 aliphatic carbocycles. The molecule has 0 bridgehead atoms. The lowest BCUT2D eigenvalue weighted by Crippen LogP contribution is -2.32. The monoisotopic (exact) mass is 335 g/mol. The zero-order chi connectivity index (χ0) is 15.5. The summed E-state index contributed by atoms with van der Waals surface area (Å²) in [5.74, 6) is 1.90. The van der Waals surface area contributed by atoms with Gasteiger partial charge in [-0.3, -0.25) is 4.79 Å². The number of rotatable bonds is 6. The van der Waals surface area contributed by atoms with E-state index in [4.69, 9.17) is 11.6 Å². The van der Waals surface area contributed by atoms with Crippen LogP contribution in [0.5, 0.6) is 0 Å². The topological polar surface area (TPSA) is 46.9 Å². The van der Waals surface area contributed by atoms with Crippen LogP contribution in [0.15, 0.2) is 41.6 Å². The Kier molecular flexibility index (Phi) is 4.74. The lowest BCUT2D eigenvalue weighted by molar-refractivity contribution is -0.119. The van der Waals surface area contributed by atoms with E-state index in [1.807, 2.05) is 42.1 Å². The third-order valence-electron chi connectivity index (χ3n) is 3.73. The quantitative estimate of drug-likeness (QED) is 0.823. The van der Waals surface area contributed by atoms with Crippen LogP contribution >= 0.6 is 23.4 Å². The van der Waals surface area contributed by atoms with Crippen LogP contribution in [0.3, 0.4) is 0 Å². The van der Waals surface area contributed by atoms with Gasteiger partial charge in [0.05, 0.1) is 11.8 Å². The molecule has 2 aromatic rings. The largest absolute Gasteiger partial charge is 0.345 e. The van der Waals surface area contributed by atoms with Gasteiger partial charge < -0.3 is 9.88 Å². The van der Waals surface area contributed by atoms with E-state index in [9.17, 15) is 4.79 Å². The van der Waals surface area contributed by atoms with E-state index in [-0.39, 0.29) is 11.9 Å². The standard InChI is InChI=1S/C16H18ClN3OS/c1-20-9-8-18-16(20)15(11-2-3-11)19-14(21)10-22-13-6-4-12(17)5-7-13/h4-9,11,15H,2-3,10H2,1H3,(H,19,21)/t15-/m1/s1. The second-order valence-electron chi connectivity index (χ2n) is 5.52. The van der Waals surface area contributed by atoms with E-state index in [1.165, 1.54) is 11.8 Å².